The van der Waals surface area contributed by atoms with E-state index in [-0.39, 0.29) is 42.7 Å². The number of aliphatic hydroxyl groups excluding tert-OH is 1. The van der Waals surface area contributed by atoms with E-state index < -0.39 is 0 Å². The second-order valence-corrected chi connectivity index (χ2v) is 12.1. The summed E-state index contributed by atoms with van der Waals surface area (Å²) in [5, 5.41) is 16.8. The Balaban J connectivity index is 0.00000160. The average Bonchev–Trinajstić information content (AvgIpc) is 2.83. The van der Waals surface area contributed by atoms with Crippen LogP contribution in [0.1, 0.15) is 63.4 Å². The number of piperidine rings is 1. The number of carbonyl (C=O) groups is 1. The molecule has 1 aliphatic heterocycles. The van der Waals surface area contributed by atoms with Crippen LogP contribution >= 0.6 is 24.8 Å². The van der Waals surface area contributed by atoms with Gasteiger partial charge in [-0.05, 0) is 105 Å². The van der Waals surface area contributed by atoms with Crippen LogP contribution in [-0.2, 0) is 4.79 Å². The number of aryl methyl sites for hydroxylation is 1. The lowest BCUT2D eigenvalue weighted by molar-refractivity contribution is -0.124. The number of hydrogen-bond acceptors (Lipinski definition) is 5. The van der Waals surface area contributed by atoms with Crippen LogP contribution in [0.25, 0.3) is 10.9 Å². The molecule has 1 saturated heterocycles. The molecule has 8 heteroatoms. The van der Waals surface area contributed by atoms with Crippen molar-refractivity contribution in [3.05, 3.63) is 29.8 Å². The van der Waals surface area contributed by atoms with Gasteiger partial charge in [-0.2, -0.15) is 0 Å². The van der Waals surface area contributed by atoms with E-state index in [0.717, 1.165) is 71.7 Å². The summed E-state index contributed by atoms with van der Waals surface area (Å²) in [6.45, 7) is 4.85. The van der Waals surface area contributed by atoms with E-state index in [1.54, 1.807) is 0 Å². The highest BCUT2D eigenvalue weighted by molar-refractivity contribution is 6.02. The third-order valence-electron chi connectivity index (χ3n) is 9.39. The molecule has 7 rings (SSSR count). The predicted octanol–water partition coefficient (Wildman–Crippen LogP) is 5.48. The van der Waals surface area contributed by atoms with Crippen molar-refractivity contribution < 1.29 is 9.90 Å². The van der Waals surface area contributed by atoms with Crippen molar-refractivity contribution in [2.45, 2.75) is 70.8 Å². The van der Waals surface area contributed by atoms with E-state index in [9.17, 15) is 4.79 Å². The molecule has 204 valence electrons. The molecule has 4 aliphatic carbocycles. The van der Waals surface area contributed by atoms with E-state index in [0.29, 0.717) is 19.0 Å². The standard InChI is InChI=1S/C29H40N4O2.2ClH/c1-19-2-4-25-24(3-5-26(31-25)33-9-6-23(7-10-33)30-8-11-34)28(19)32-27(35)18-29-15-20-12-21(16-29)14-22(13-20)17-29;;/h2-5,20-23,30,34H,6-18H2,1H3,(H,32,35);2*1H. The van der Waals surface area contributed by atoms with Crippen molar-refractivity contribution >= 4 is 53.1 Å². The molecule has 1 amide bonds. The van der Waals surface area contributed by atoms with Crippen LogP contribution in [0.2, 0.25) is 0 Å². The smallest absolute Gasteiger partial charge is 0.224 e. The molecule has 4 bridgehead atoms. The van der Waals surface area contributed by atoms with Gasteiger partial charge in [0.25, 0.3) is 0 Å². The van der Waals surface area contributed by atoms with Crippen LogP contribution in [0, 0.1) is 30.1 Å². The second-order valence-electron chi connectivity index (χ2n) is 12.1. The van der Waals surface area contributed by atoms with Crippen LogP contribution in [0.3, 0.4) is 0 Å². The summed E-state index contributed by atoms with van der Waals surface area (Å²) in [6.07, 6.45) is 10.8. The molecule has 1 aromatic heterocycles. The first-order valence-corrected chi connectivity index (χ1v) is 13.8. The molecule has 2 aromatic rings. The molecule has 5 fully saturated rings. The molecule has 4 saturated carbocycles. The normalized spacial score (nSPS) is 28.6. The number of hydrogen-bond donors (Lipinski definition) is 3. The highest BCUT2D eigenvalue weighted by Gasteiger charge is 2.51. The number of nitrogens with zero attached hydrogens (tertiary/aromatic N) is 2. The Labute approximate surface area is 233 Å². The fraction of sp³-hybridized carbons (Fsp3) is 0.655. The Morgan fingerprint density at radius 1 is 1.03 bits per heavy atom. The SMILES string of the molecule is Cc1ccc2nc(N3CCC(NCCO)CC3)ccc2c1NC(=O)CC12CC3CC(CC(C3)C1)C2.Cl.Cl. The second kappa shape index (κ2) is 11.6. The van der Waals surface area contributed by atoms with Crippen LogP contribution in [-0.4, -0.2) is 48.3 Å². The van der Waals surface area contributed by atoms with Crippen LogP contribution in [0.4, 0.5) is 11.5 Å². The summed E-state index contributed by atoms with van der Waals surface area (Å²) >= 11 is 0. The van der Waals surface area contributed by atoms with Gasteiger partial charge in [0.15, 0.2) is 0 Å². The van der Waals surface area contributed by atoms with Crippen molar-refractivity contribution in [2.75, 3.05) is 36.5 Å². The number of benzene rings is 1. The molecule has 6 nitrogen and oxygen atoms in total. The van der Waals surface area contributed by atoms with E-state index in [4.69, 9.17) is 10.1 Å². The molecule has 0 spiro atoms. The summed E-state index contributed by atoms with van der Waals surface area (Å²) in [7, 11) is 0. The number of aromatic nitrogens is 1. The lowest BCUT2D eigenvalue weighted by Crippen LogP contribution is -2.47. The number of anilines is 2. The number of aliphatic hydroxyl groups is 1. The first kappa shape index (κ1) is 28.4. The van der Waals surface area contributed by atoms with Gasteiger partial charge in [-0.3, -0.25) is 4.79 Å². The third kappa shape index (κ3) is 5.88. The number of carbonyl (C=O) groups excluding carboxylic acids is 1. The first-order valence-electron chi connectivity index (χ1n) is 13.8. The highest BCUT2D eigenvalue weighted by Crippen LogP contribution is 2.61. The molecular weight excluding hydrogens is 507 g/mol. The minimum atomic E-state index is 0. The molecule has 0 radical (unpaired) electrons. The number of nitrogens with one attached hydrogen (secondary N) is 2. The number of halogens is 2. The number of amides is 1. The van der Waals surface area contributed by atoms with E-state index >= 15 is 0 Å². The average molecular weight is 550 g/mol. The minimum absolute atomic E-state index is 0. The molecule has 37 heavy (non-hydrogen) atoms. The van der Waals surface area contributed by atoms with E-state index in [1.807, 2.05) is 0 Å². The van der Waals surface area contributed by atoms with Crippen LogP contribution < -0.4 is 15.5 Å². The van der Waals surface area contributed by atoms with Gasteiger partial charge in [0.05, 0.1) is 17.8 Å². The minimum Gasteiger partial charge on any atom is -0.395 e. The maximum atomic E-state index is 13.4. The van der Waals surface area contributed by atoms with Crippen LogP contribution in [0.5, 0.6) is 0 Å². The lowest BCUT2D eigenvalue weighted by atomic mass is 9.49. The number of rotatable bonds is 7. The lowest BCUT2D eigenvalue weighted by Gasteiger charge is -2.56. The molecule has 2 heterocycles. The largest absolute Gasteiger partial charge is 0.395 e. The molecule has 3 N–H and O–H groups in total. The third-order valence-corrected chi connectivity index (χ3v) is 9.39. The quantitative estimate of drug-likeness (QED) is 0.426. The first-order chi connectivity index (χ1) is 17.0. The van der Waals surface area contributed by atoms with Gasteiger partial charge in [0, 0.05) is 37.5 Å². The fourth-order valence-electron chi connectivity index (χ4n) is 8.26. The summed E-state index contributed by atoms with van der Waals surface area (Å²) in [5.41, 5.74) is 3.23. The van der Waals surface area contributed by atoms with Crippen molar-refractivity contribution in [1.29, 1.82) is 0 Å². The van der Waals surface area contributed by atoms with E-state index in [2.05, 4.69) is 46.7 Å². The maximum Gasteiger partial charge on any atom is 0.224 e. The zero-order valence-electron chi connectivity index (χ0n) is 21.9. The zero-order valence-corrected chi connectivity index (χ0v) is 23.5. The maximum absolute atomic E-state index is 13.4. The van der Waals surface area contributed by atoms with Crippen molar-refractivity contribution in [3.63, 3.8) is 0 Å². The topological polar surface area (TPSA) is 77.5 Å². The summed E-state index contributed by atoms with van der Waals surface area (Å²) in [6, 6.07) is 8.89. The summed E-state index contributed by atoms with van der Waals surface area (Å²) in [5.74, 6) is 3.79. The van der Waals surface area contributed by atoms with Gasteiger partial charge in [0.1, 0.15) is 5.82 Å². The highest BCUT2D eigenvalue weighted by atomic mass is 35.5. The summed E-state index contributed by atoms with van der Waals surface area (Å²) < 4.78 is 0. The van der Waals surface area contributed by atoms with Gasteiger partial charge in [-0.25, -0.2) is 4.98 Å². The fourth-order valence-corrected chi connectivity index (χ4v) is 8.26. The van der Waals surface area contributed by atoms with Gasteiger partial charge in [0.2, 0.25) is 5.91 Å². The molecule has 5 aliphatic rings. The van der Waals surface area contributed by atoms with Gasteiger partial charge in [-0.1, -0.05) is 6.07 Å². The van der Waals surface area contributed by atoms with Crippen molar-refractivity contribution in [3.8, 4) is 0 Å². The Morgan fingerprint density at radius 3 is 2.30 bits per heavy atom. The zero-order chi connectivity index (χ0) is 24.0. The van der Waals surface area contributed by atoms with Crippen molar-refractivity contribution in [2.24, 2.45) is 23.2 Å². The number of fused-ring (bicyclic) bond motifs is 1. The Morgan fingerprint density at radius 2 is 1.68 bits per heavy atom. The summed E-state index contributed by atoms with van der Waals surface area (Å²) in [4.78, 5) is 20.7. The van der Waals surface area contributed by atoms with Gasteiger partial charge in [-0.15, -0.1) is 24.8 Å². The van der Waals surface area contributed by atoms with E-state index in [1.165, 1.54) is 38.5 Å². The van der Waals surface area contributed by atoms with Crippen molar-refractivity contribution in [1.82, 2.24) is 10.3 Å². The molecular formula is C29H42Cl2N4O2. The Kier molecular flexibility index (Phi) is 8.94. The predicted molar refractivity (Wildman–Crippen MR) is 155 cm³/mol. The molecule has 1 aromatic carbocycles. The molecule has 0 unspecified atom stereocenters. The van der Waals surface area contributed by atoms with Crippen LogP contribution in [0.15, 0.2) is 24.3 Å². The number of pyridine rings is 1. The monoisotopic (exact) mass is 548 g/mol. The Bertz CT molecular complexity index is 1070. The van der Waals surface area contributed by atoms with Gasteiger partial charge < -0.3 is 20.6 Å². The Hall–Kier alpha value is -1.60. The molecule has 0 atom stereocenters. The van der Waals surface area contributed by atoms with Gasteiger partial charge >= 0.3 is 0 Å².